The highest BCUT2D eigenvalue weighted by molar-refractivity contribution is 5.79. The highest BCUT2D eigenvalue weighted by atomic mass is 16.1. The number of H-pyrrole nitrogens is 1. The van der Waals surface area contributed by atoms with E-state index in [1.165, 1.54) is 0 Å². The Hall–Kier alpha value is -4.84. The number of aromatic amines is 1. The van der Waals surface area contributed by atoms with Crippen molar-refractivity contribution in [1.82, 2.24) is 34.7 Å². The molecule has 0 unspecified atom stereocenters. The number of pyridine rings is 1. The summed E-state index contributed by atoms with van der Waals surface area (Å²) < 4.78 is 3.28. The largest absolute Gasteiger partial charge is 0.333 e. The van der Waals surface area contributed by atoms with Crippen LogP contribution in [0.5, 0.6) is 0 Å². The van der Waals surface area contributed by atoms with E-state index in [0.717, 1.165) is 40.9 Å². The van der Waals surface area contributed by atoms with Crippen LogP contribution in [-0.4, -0.2) is 34.7 Å². The zero-order valence-electron chi connectivity index (χ0n) is 19.1. The number of nitriles is 1. The van der Waals surface area contributed by atoms with E-state index in [1.54, 1.807) is 33.5 Å². The van der Waals surface area contributed by atoms with Gasteiger partial charge >= 0.3 is 5.69 Å². The first-order valence-electron chi connectivity index (χ1n) is 11.3. The number of hydrogen-bond donors (Lipinski definition) is 1. The second-order valence-electron chi connectivity index (χ2n) is 8.06. The van der Waals surface area contributed by atoms with E-state index in [-0.39, 0.29) is 5.69 Å². The van der Waals surface area contributed by atoms with Gasteiger partial charge in [0.2, 0.25) is 5.82 Å². The molecule has 5 rings (SSSR count). The van der Waals surface area contributed by atoms with E-state index in [0.29, 0.717) is 23.6 Å². The molecule has 0 bridgehead atoms. The number of imidazole rings is 1. The van der Waals surface area contributed by atoms with Crippen molar-refractivity contribution in [1.29, 1.82) is 5.26 Å². The molecule has 5 aromatic rings. The van der Waals surface area contributed by atoms with Crippen molar-refractivity contribution in [3.05, 3.63) is 100 Å². The van der Waals surface area contributed by atoms with Crippen molar-refractivity contribution in [3.8, 4) is 34.3 Å². The molecule has 1 N–H and O–H groups in total. The Balaban J connectivity index is 1.49. The highest BCUT2D eigenvalue weighted by Gasteiger charge is 2.16. The summed E-state index contributed by atoms with van der Waals surface area (Å²) in [7, 11) is 0. The standard InChI is InChI=1S/C26H22N8O/c1-2-7-21-17-34(24-11-6-3-8-18(24)14-27)26(35)33(21)16-20-13-12-19(15-28-20)22-9-4-5-10-23(22)25-29-31-32-30-25/h3-6,8-13,15,17H,2,7,16H2,1H3,(H,29,30,31,32). The molecule has 0 spiro atoms. The highest BCUT2D eigenvalue weighted by Crippen LogP contribution is 2.29. The minimum Gasteiger partial charge on any atom is -0.290 e. The van der Waals surface area contributed by atoms with Gasteiger partial charge in [-0.25, -0.2) is 4.79 Å². The minimum atomic E-state index is -0.190. The van der Waals surface area contributed by atoms with Gasteiger partial charge in [-0.3, -0.25) is 14.1 Å². The SMILES string of the molecule is CCCc1cn(-c2ccccc2C#N)c(=O)n1Cc1ccc(-c2ccccc2-c2nn[nH]n2)cn1. The van der Waals surface area contributed by atoms with Crippen LogP contribution in [0.15, 0.2) is 77.9 Å². The molecule has 0 saturated heterocycles. The molecule has 9 nitrogen and oxygen atoms in total. The summed E-state index contributed by atoms with van der Waals surface area (Å²) in [4.78, 5) is 18.0. The third-order valence-corrected chi connectivity index (χ3v) is 5.82. The predicted octanol–water partition coefficient (Wildman–Crippen LogP) is 3.75. The van der Waals surface area contributed by atoms with Crippen LogP contribution in [0.4, 0.5) is 0 Å². The van der Waals surface area contributed by atoms with Gasteiger partial charge < -0.3 is 0 Å². The zero-order valence-corrected chi connectivity index (χ0v) is 19.1. The predicted molar refractivity (Wildman–Crippen MR) is 131 cm³/mol. The Bertz CT molecular complexity index is 1560. The van der Waals surface area contributed by atoms with E-state index in [1.807, 2.05) is 48.7 Å². The first-order chi connectivity index (χ1) is 17.2. The number of para-hydroxylation sites is 1. The van der Waals surface area contributed by atoms with Crippen LogP contribution < -0.4 is 5.69 Å². The number of nitrogens with zero attached hydrogens (tertiary/aromatic N) is 7. The molecular formula is C26H22N8O. The average Bonchev–Trinajstić information content (AvgIpc) is 3.54. The quantitative estimate of drug-likeness (QED) is 0.393. The molecule has 35 heavy (non-hydrogen) atoms. The minimum absolute atomic E-state index is 0.190. The molecule has 0 atom stereocenters. The Kier molecular flexibility index (Phi) is 6.01. The van der Waals surface area contributed by atoms with Gasteiger partial charge in [0.25, 0.3) is 0 Å². The van der Waals surface area contributed by atoms with Gasteiger partial charge in [0, 0.05) is 29.2 Å². The smallest absolute Gasteiger partial charge is 0.290 e. The molecular weight excluding hydrogens is 440 g/mol. The maximum absolute atomic E-state index is 13.4. The van der Waals surface area contributed by atoms with Crippen LogP contribution in [0.25, 0.3) is 28.2 Å². The molecule has 0 aliphatic rings. The van der Waals surface area contributed by atoms with E-state index < -0.39 is 0 Å². The molecule has 2 aromatic carbocycles. The topological polar surface area (TPSA) is 118 Å². The average molecular weight is 463 g/mol. The van der Waals surface area contributed by atoms with Crippen LogP contribution >= 0.6 is 0 Å². The second kappa shape index (κ2) is 9.57. The van der Waals surface area contributed by atoms with Crippen molar-refractivity contribution in [3.63, 3.8) is 0 Å². The Labute approximate surface area is 201 Å². The molecule has 0 saturated carbocycles. The van der Waals surface area contributed by atoms with Gasteiger partial charge in [-0.05, 0) is 35.4 Å². The molecule has 0 fully saturated rings. The van der Waals surface area contributed by atoms with E-state index in [2.05, 4.69) is 38.6 Å². The lowest BCUT2D eigenvalue weighted by Crippen LogP contribution is -2.25. The van der Waals surface area contributed by atoms with Gasteiger partial charge in [-0.2, -0.15) is 10.5 Å². The Morgan fingerprint density at radius 1 is 1.03 bits per heavy atom. The van der Waals surface area contributed by atoms with Gasteiger partial charge in [0.15, 0.2) is 0 Å². The first-order valence-corrected chi connectivity index (χ1v) is 11.3. The summed E-state index contributed by atoms with van der Waals surface area (Å²) in [6.07, 6.45) is 5.26. The lowest BCUT2D eigenvalue weighted by molar-refractivity contribution is 0.679. The summed E-state index contributed by atoms with van der Waals surface area (Å²) in [5, 5.41) is 23.8. The molecule has 9 heteroatoms. The van der Waals surface area contributed by atoms with Crippen molar-refractivity contribution >= 4 is 0 Å². The van der Waals surface area contributed by atoms with E-state index >= 15 is 0 Å². The molecule has 0 amide bonds. The van der Waals surface area contributed by atoms with Crippen LogP contribution in [0, 0.1) is 11.3 Å². The summed E-state index contributed by atoms with van der Waals surface area (Å²) in [5.74, 6) is 0.513. The van der Waals surface area contributed by atoms with E-state index in [4.69, 9.17) is 0 Å². The number of hydrogen-bond acceptors (Lipinski definition) is 6. The first kappa shape index (κ1) is 22.0. The molecule has 3 heterocycles. The number of benzene rings is 2. The van der Waals surface area contributed by atoms with Gasteiger partial charge in [0.1, 0.15) is 6.07 Å². The van der Waals surface area contributed by atoms with Crippen LogP contribution in [0.1, 0.15) is 30.3 Å². The maximum Gasteiger partial charge on any atom is 0.333 e. The third kappa shape index (κ3) is 4.25. The fraction of sp³-hybridized carbons (Fsp3) is 0.154. The van der Waals surface area contributed by atoms with Crippen LogP contribution in [0.2, 0.25) is 0 Å². The van der Waals surface area contributed by atoms with Crippen molar-refractivity contribution < 1.29 is 0 Å². The molecule has 0 aliphatic carbocycles. The molecule has 3 aromatic heterocycles. The maximum atomic E-state index is 13.4. The zero-order chi connectivity index (χ0) is 24.2. The summed E-state index contributed by atoms with van der Waals surface area (Å²) >= 11 is 0. The summed E-state index contributed by atoms with van der Waals surface area (Å²) in [6, 6.07) is 21.0. The van der Waals surface area contributed by atoms with Crippen molar-refractivity contribution in [2.24, 2.45) is 0 Å². The van der Waals surface area contributed by atoms with E-state index in [9.17, 15) is 10.1 Å². The van der Waals surface area contributed by atoms with Gasteiger partial charge in [0.05, 0.1) is 23.5 Å². The number of rotatable bonds is 7. The normalized spacial score (nSPS) is 10.9. The number of nitrogens with one attached hydrogen (secondary N) is 1. The molecule has 0 radical (unpaired) electrons. The third-order valence-electron chi connectivity index (χ3n) is 5.82. The number of tetrazole rings is 1. The monoisotopic (exact) mass is 462 g/mol. The Morgan fingerprint density at radius 3 is 2.54 bits per heavy atom. The van der Waals surface area contributed by atoms with Gasteiger partial charge in [-0.1, -0.05) is 55.8 Å². The molecule has 172 valence electrons. The van der Waals surface area contributed by atoms with Gasteiger partial charge in [-0.15, -0.1) is 10.2 Å². The van der Waals surface area contributed by atoms with Crippen LogP contribution in [0.3, 0.4) is 0 Å². The fourth-order valence-corrected chi connectivity index (χ4v) is 4.15. The van der Waals surface area contributed by atoms with Crippen molar-refractivity contribution in [2.75, 3.05) is 0 Å². The Morgan fingerprint density at radius 2 is 1.83 bits per heavy atom. The second-order valence-corrected chi connectivity index (χ2v) is 8.06. The van der Waals surface area contributed by atoms with Crippen molar-refractivity contribution in [2.45, 2.75) is 26.3 Å². The fourth-order valence-electron chi connectivity index (χ4n) is 4.15. The lowest BCUT2D eigenvalue weighted by Gasteiger charge is -2.09. The summed E-state index contributed by atoms with van der Waals surface area (Å²) in [6.45, 7) is 2.41. The lowest BCUT2D eigenvalue weighted by atomic mass is 10.0. The number of aromatic nitrogens is 7. The van der Waals surface area contributed by atoms with Crippen LogP contribution in [-0.2, 0) is 13.0 Å². The molecule has 0 aliphatic heterocycles. The number of aryl methyl sites for hydroxylation is 1. The summed E-state index contributed by atoms with van der Waals surface area (Å²) in [5.41, 5.74) is 5.21.